The predicted molar refractivity (Wildman–Crippen MR) is 92.4 cm³/mol. The average molecular weight is 344 g/mol. The molecule has 1 unspecified atom stereocenters. The van der Waals surface area contributed by atoms with Crippen LogP contribution in [0.15, 0.2) is 52.9 Å². The first kappa shape index (κ1) is 17.5. The summed E-state index contributed by atoms with van der Waals surface area (Å²) in [5, 5.41) is 10.1. The van der Waals surface area contributed by atoms with Gasteiger partial charge in [0.25, 0.3) is 0 Å². The van der Waals surface area contributed by atoms with Crippen molar-refractivity contribution in [1.29, 1.82) is 0 Å². The van der Waals surface area contributed by atoms with E-state index in [0.717, 1.165) is 5.56 Å². The van der Waals surface area contributed by atoms with Gasteiger partial charge in [-0.15, -0.1) is 0 Å². The fraction of sp³-hybridized carbons (Fsp3) is 0.316. The van der Waals surface area contributed by atoms with Gasteiger partial charge in [0, 0.05) is 12.6 Å². The van der Waals surface area contributed by atoms with Crippen LogP contribution in [-0.4, -0.2) is 41.3 Å². The summed E-state index contributed by atoms with van der Waals surface area (Å²) in [6.07, 6.45) is -0.615. The second-order valence-corrected chi connectivity index (χ2v) is 6.07. The van der Waals surface area contributed by atoms with Crippen LogP contribution in [-0.2, 0) is 17.9 Å². The summed E-state index contributed by atoms with van der Waals surface area (Å²) in [6.45, 7) is 1.56. The van der Waals surface area contributed by atoms with Crippen molar-refractivity contribution in [2.75, 3.05) is 20.2 Å². The number of aromatic nitrogens is 1. The standard InChI is InChI=1S/C19H21FN2O3/c1-22(10-16(23)13-24-12-14-5-3-2-4-6-14)11-19-21-17-9-15(20)7-8-18(17)25-19/h2-9,16,23H,10-13H2,1H3. The van der Waals surface area contributed by atoms with E-state index in [1.807, 2.05) is 42.3 Å². The quantitative estimate of drug-likeness (QED) is 0.681. The number of likely N-dealkylation sites (N-methyl/N-ethyl adjacent to an activating group) is 1. The molecule has 0 saturated heterocycles. The molecule has 3 aromatic rings. The third kappa shape index (κ3) is 5.09. The van der Waals surface area contributed by atoms with Crippen molar-refractivity contribution < 1.29 is 18.7 Å². The lowest BCUT2D eigenvalue weighted by molar-refractivity contribution is 0.0118. The highest BCUT2D eigenvalue weighted by molar-refractivity contribution is 5.72. The minimum Gasteiger partial charge on any atom is -0.439 e. The summed E-state index contributed by atoms with van der Waals surface area (Å²) in [5.41, 5.74) is 2.12. The van der Waals surface area contributed by atoms with E-state index in [4.69, 9.17) is 9.15 Å². The SMILES string of the molecule is CN(Cc1nc2cc(F)ccc2o1)CC(O)COCc1ccccc1. The van der Waals surface area contributed by atoms with Crippen molar-refractivity contribution in [3.05, 3.63) is 65.8 Å². The summed E-state index contributed by atoms with van der Waals surface area (Å²) in [7, 11) is 1.86. The number of aliphatic hydroxyl groups excluding tert-OH is 1. The summed E-state index contributed by atoms with van der Waals surface area (Å²) >= 11 is 0. The van der Waals surface area contributed by atoms with Crippen molar-refractivity contribution in [2.45, 2.75) is 19.3 Å². The molecule has 0 amide bonds. The van der Waals surface area contributed by atoms with Gasteiger partial charge in [0.05, 0.1) is 25.9 Å². The summed E-state index contributed by atoms with van der Waals surface area (Å²) in [4.78, 5) is 6.15. The van der Waals surface area contributed by atoms with Gasteiger partial charge >= 0.3 is 0 Å². The second kappa shape index (κ2) is 8.20. The van der Waals surface area contributed by atoms with Crippen molar-refractivity contribution in [3.63, 3.8) is 0 Å². The van der Waals surface area contributed by atoms with E-state index in [2.05, 4.69) is 4.98 Å². The fourth-order valence-electron chi connectivity index (χ4n) is 2.61. The normalized spacial score (nSPS) is 12.8. The zero-order valence-corrected chi connectivity index (χ0v) is 14.1. The van der Waals surface area contributed by atoms with Gasteiger partial charge in [-0.05, 0) is 24.7 Å². The van der Waals surface area contributed by atoms with Gasteiger partial charge < -0.3 is 14.3 Å². The molecule has 0 aliphatic heterocycles. The molecule has 0 bridgehead atoms. The molecule has 25 heavy (non-hydrogen) atoms. The maximum Gasteiger partial charge on any atom is 0.209 e. The molecule has 1 aromatic heterocycles. The number of aliphatic hydroxyl groups is 1. The number of hydrogen-bond acceptors (Lipinski definition) is 5. The Balaban J connectivity index is 1.45. The molecule has 1 atom stereocenters. The summed E-state index contributed by atoms with van der Waals surface area (Å²) in [6, 6.07) is 14.1. The molecule has 132 valence electrons. The minimum absolute atomic E-state index is 0.248. The van der Waals surface area contributed by atoms with Crippen LogP contribution in [0.4, 0.5) is 4.39 Å². The number of benzene rings is 2. The molecule has 5 nitrogen and oxygen atoms in total. The number of halogens is 1. The molecule has 0 aliphatic carbocycles. The number of hydrogen-bond donors (Lipinski definition) is 1. The molecule has 1 N–H and O–H groups in total. The first-order chi connectivity index (χ1) is 12.1. The molecular weight excluding hydrogens is 323 g/mol. The van der Waals surface area contributed by atoms with Gasteiger partial charge in [0.1, 0.15) is 11.3 Å². The van der Waals surface area contributed by atoms with Gasteiger partial charge in [-0.3, -0.25) is 4.90 Å². The van der Waals surface area contributed by atoms with Gasteiger partial charge in [0.2, 0.25) is 5.89 Å². The summed E-state index contributed by atoms with van der Waals surface area (Å²) in [5.74, 6) is 0.146. The minimum atomic E-state index is -0.615. The van der Waals surface area contributed by atoms with Gasteiger partial charge in [-0.1, -0.05) is 30.3 Å². The molecule has 3 rings (SSSR count). The van der Waals surface area contributed by atoms with E-state index in [9.17, 15) is 9.50 Å². The van der Waals surface area contributed by atoms with Crippen LogP contribution >= 0.6 is 0 Å². The third-order valence-corrected chi connectivity index (χ3v) is 3.74. The second-order valence-electron chi connectivity index (χ2n) is 6.07. The Morgan fingerprint density at radius 2 is 2.04 bits per heavy atom. The Hall–Kier alpha value is -2.28. The van der Waals surface area contributed by atoms with Crippen LogP contribution in [0.1, 0.15) is 11.5 Å². The van der Waals surface area contributed by atoms with E-state index in [0.29, 0.717) is 36.7 Å². The monoisotopic (exact) mass is 344 g/mol. The number of oxazole rings is 1. The van der Waals surface area contributed by atoms with Crippen molar-refractivity contribution in [3.8, 4) is 0 Å². The molecule has 2 aromatic carbocycles. The highest BCUT2D eigenvalue weighted by atomic mass is 19.1. The topological polar surface area (TPSA) is 58.7 Å². The first-order valence-electron chi connectivity index (χ1n) is 8.13. The van der Waals surface area contributed by atoms with Gasteiger partial charge in [-0.2, -0.15) is 0 Å². The average Bonchev–Trinajstić information content (AvgIpc) is 2.96. The van der Waals surface area contributed by atoms with Gasteiger partial charge in [0.15, 0.2) is 5.58 Å². The maximum atomic E-state index is 13.2. The van der Waals surface area contributed by atoms with E-state index in [-0.39, 0.29) is 12.4 Å². The van der Waals surface area contributed by atoms with Crippen LogP contribution in [0, 0.1) is 5.82 Å². The first-order valence-corrected chi connectivity index (χ1v) is 8.13. The Bertz CT molecular complexity index is 807. The fourth-order valence-corrected chi connectivity index (χ4v) is 2.61. The molecule has 0 spiro atoms. The molecule has 0 fully saturated rings. The molecule has 0 radical (unpaired) electrons. The Morgan fingerprint density at radius 1 is 1.24 bits per heavy atom. The van der Waals surface area contributed by atoms with E-state index in [1.165, 1.54) is 12.1 Å². The van der Waals surface area contributed by atoms with Crippen molar-refractivity contribution in [1.82, 2.24) is 9.88 Å². The molecule has 0 aliphatic rings. The van der Waals surface area contributed by atoms with Crippen LogP contribution in [0.25, 0.3) is 11.1 Å². The third-order valence-electron chi connectivity index (χ3n) is 3.74. The van der Waals surface area contributed by atoms with Crippen LogP contribution < -0.4 is 0 Å². The van der Waals surface area contributed by atoms with Gasteiger partial charge in [-0.25, -0.2) is 9.37 Å². The predicted octanol–water partition coefficient (Wildman–Crippen LogP) is 2.98. The Labute approximate surface area is 145 Å². The number of nitrogens with zero attached hydrogens (tertiary/aromatic N) is 2. The molecule has 1 heterocycles. The maximum absolute atomic E-state index is 13.2. The Morgan fingerprint density at radius 3 is 2.84 bits per heavy atom. The smallest absolute Gasteiger partial charge is 0.209 e. The summed E-state index contributed by atoms with van der Waals surface area (Å²) < 4.78 is 24.3. The highest BCUT2D eigenvalue weighted by Crippen LogP contribution is 2.17. The van der Waals surface area contributed by atoms with Crippen LogP contribution in [0.2, 0.25) is 0 Å². The van der Waals surface area contributed by atoms with Crippen LogP contribution in [0.3, 0.4) is 0 Å². The van der Waals surface area contributed by atoms with E-state index in [1.54, 1.807) is 6.07 Å². The van der Waals surface area contributed by atoms with Crippen molar-refractivity contribution in [2.24, 2.45) is 0 Å². The Kier molecular flexibility index (Phi) is 5.75. The lowest BCUT2D eigenvalue weighted by Crippen LogP contribution is -2.31. The zero-order chi connectivity index (χ0) is 17.6. The largest absolute Gasteiger partial charge is 0.439 e. The number of rotatable bonds is 8. The van der Waals surface area contributed by atoms with E-state index >= 15 is 0 Å². The molecule has 6 heteroatoms. The van der Waals surface area contributed by atoms with Crippen LogP contribution in [0.5, 0.6) is 0 Å². The lowest BCUT2D eigenvalue weighted by Gasteiger charge is -2.19. The van der Waals surface area contributed by atoms with E-state index < -0.39 is 6.10 Å². The lowest BCUT2D eigenvalue weighted by atomic mass is 10.2. The zero-order valence-electron chi connectivity index (χ0n) is 14.1. The number of fused-ring (bicyclic) bond motifs is 1. The van der Waals surface area contributed by atoms with Crippen molar-refractivity contribution >= 4 is 11.1 Å². The highest BCUT2D eigenvalue weighted by Gasteiger charge is 2.13. The molecular formula is C19H21FN2O3. The molecule has 0 saturated carbocycles. The number of ether oxygens (including phenoxy) is 1.